The number of ketones is 1. The number of carbonyl (C=O) groups is 1. The van der Waals surface area contributed by atoms with Crippen LogP contribution in [0.1, 0.15) is 27.6 Å². The molecule has 124 valence electrons. The molecule has 3 heteroatoms. The lowest BCUT2D eigenvalue weighted by Crippen LogP contribution is -2.05. The van der Waals surface area contributed by atoms with Gasteiger partial charge in [-0.15, -0.1) is 0 Å². The summed E-state index contributed by atoms with van der Waals surface area (Å²) in [5.74, 6) is 0.131. The molecule has 1 unspecified atom stereocenters. The summed E-state index contributed by atoms with van der Waals surface area (Å²) in [5.41, 5.74) is 1.73. The summed E-state index contributed by atoms with van der Waals surface area (Å²) in [6.07, 6.45) is 1.35. The standard InChI is InChI=1S/C22H18O3/c1-2-21(16-9-5-3-6-10-16)25-18-13-14-19(20(23)15-18)22(24)17-11-7-4-8-12-17/h2-15,21,23H,1H2. The van der Waals surface area contributed by atoms with Gasteiger partial charge in [-0.05, 0) is 23.8 Å². The third-order valence-corrected chi connectivity index (χ3v) is 3.86. The Morgan fingerprint density at radius 2 is 1.60 bits per heavy atom. The zero-order valence-corrected chi connectivity index (χ0v) is 13.6. The van der Waals surface area contributed by atoms with Crippen molar-refractivity contribution in [1.29, 1.82) is 0 Å². The minimum Gasteiger partial charge on any atom is -0.507 e. The van der Waals surface area contributed by atoms with Gasteiger partial charge in [-0.3, -0.25) is 4.79 Å². The van der Waals surface area contributed by atoms with Crippen LogP contribution in [0.15, 0.2) is 91.5 Å². The van der Waals surface area contributed by atoms with Crippen molar-refractivity contribution in [3.8, 4) is 11.5 Å². The zero-order chi connectivity index (χ0) is 17.6. The van der Waals surface area contributed by atoms with Crippen LogP contribution >= 0.6 is 0 Å². The second-order valence-electron chi connectivity index (χ2n) is 5.56. The number of hydrogen-bond donors (Lipinski definition) is 1. The lowest BCUT2D eigenvalue weighted by molar-refractivity contribution is 0.103. The van der Waals surface area contributed by atoms with Crippen LogP contribution in [0.25, 0.3) is 0 Å². The molecule has 0 aromatic heterocycles. The van der Waals surface area contributed by atoms with Crippen molar-refractivity contribution in [3.05, 3.63) is 108 Å². The molecule has 0 aliphatic rings. The first-order chi connectivity index (χ1) is 12.2. The predicted octanol–water partition coefficient (Wildman–Crippen LogP) is 4.93. The van der Waals surface area contributed by atoms with E-state index < -0.39 is 0 Å². The van der Waals surface area contributed by atoms with Gasteiger partial charge in [-0.2, -0.15) is 0 Å². The van der Waals surface area contributed by atoms with E-state index in [2.05, 4.69) is 6.58 Å². The average Bonchev–Trinajstić information content (AvgIpc) is 2.67. The van der Waals surface area contributed by atoms with Crippen LogP contribution in [-0.2, 0) is 0 Å². The second-order valence-corrected chi connectivity index (χ2v) is 5.56. The van der Waals surface area contributed by atoms with E-state index in [0.29, 0.717) is 11.3 Å². The minimum absolute atomic E-state index is 0.109. The molecule has 0 amide bonds. The van der Waals surface area contributed by atoms with Crippen LogP contribution < -0.4 is 4.74 Å². The number of carbonyl (C=O) groups excluding carboxylic acids is 1. The molecule has 1 atom stereocenters. The summed E-state index contributed by atoms with van der Waals surface area (Å²) in [7, 11) is 0. The molecule has 0 spiro atoms. The molecular formula is C22H18O3. The fourth-order valence-electron chi connectivity index (χ4n) is 2.56. The fourth-order valence-corrected chi connectivity index (χ4v) is 2.56. The van der Waals surface area contributed by atoms with Crippen LogP contribution in [0.5, 0.6) is 11.5 Å². The van der Waals surface area contributed by atoms with Gasteiger partial charge >= 0.3 is 0 Å². The van der Waals surface area contributed by atoms with Gasteiger partial charge in [0, 0.05) is 11.6 Å². The monoisotopic (exact) mass is 330 g/mol. The lowest BCUT2D eigenvalue weighted by Gasteiger charge is -2.16. The van der Waals surface area contributed by atoms with E-state index in [1.165, 1.54) is 6.07 Å². The highest BCUT2D eigenvalue weighted by atomic mass is 16.5. The third kappa shape index (κ3) is 3.78. The maximum absolute atomic E-state index is 12.5. The molecule has 3 rings (SSSR count). The minimum atomic E-state index is -0.337. The van der Waals surface area contributed by atoms with Crippen molar-refractivity contribution in [1.82, 2.24) is 0 Å². The number of phenols is 1. The van der Waals surface area contributed by atoms with E-state index in [4.69, 9.17) is 4.74 Å². The highest BCUT2D eigenvalue weighted by Crippen LogP contribution is 2.29. The molecule has 25 heavy (non-hydrogen) atoms. The fraction of sp³-hybridized carbons (Fsp3) is 0.0455. The maximum Gasteiger partial charge on any atom is 0.196 e. The summed E-state index contributed by atoms with van der Waals surface area (Å²) in [4.78, 5) is 12.5. The molecule has 0 saturated heterocycles. The summed E-state index contributed by atoms with van der Waals surface area (Å²) in [6, 6.07) is 23.2. The normalized spacial score (nSPS) is 11.5. The Labute approximate surface area is 146 Å². The van der Waals surface area contributed by atoms with Gasteiger partial charge in [0.15, 0.2) is 5.78 Å². The van der Waals surface area contributed by atoms with Crippen molar-refractivity contribution in [2.75, 3.05) is 0 Å². The maximum atomic E-state index is 12.5. The lowest BCUT2D eigenvalue weighted by atomic mass is 10.0. The van der Waals surface area contributed by atoms with Gasteiger partial charge in [0.2, 0.25) is 0 Å². The van der Waals surface area contributed by atoms with Crippen molar-refractivity contribution in [2.45, 2.75) is 6.10 Å². The van der Waals surface area contributed by atoms with Crippen molar-refractivity contribution >= 4 is 5.78 Å². The first-order valence-corrected chi connectivity index (χ1v) is 7.96. The Bertz CT molecular complexity index is 870. The first-order valence-electron chi connectivity index (χ1n) is 7.96. The molecule has 3 aromatic carbocycles. The number of hydrogen-bond acceptors (Lipinski definition) is 3. The number of ether oxygens (including phenoxy) is 1. The Morgan fingerprint density at radius 1 is 0.960 bits per heavy atom. The molecule has 0 bridgehead atoms. The number of phenolic OH excluding ortho intramolecular Hbond substituents is 1. The summed E-state index contributed by atoms with van der Waals surface area (Å²) >= 11 is 0. The van der Waals surface area contributed by atoms with Crippen LogP contribution in [0.4, 0.5) is 0 Å². The van der Waals surface area contributed by atoms with Gasteiger partial charge in [-0.1, -0.05) is 67.2 Å². The second kappa shape index (κ2) is 7.49. The van der Waals surface area contributed by atoms with E-state index in [-0.39, 0.29) is 23.2 Å². The van der Waals surface area contributed by atoms with E-state index >= 15 is 0 Å². The molecular weight excluding hydrogens is 312 g/mol. The van der Waals surface area contributed by atoms with Gasteiger partial charge in [0.05, 0.1) is 5.56 Å². The Morgan fingerprint density at radius 3 is 2.20 bits per heavy atom. The molecule has 0 aliphatic carbocycles. The topological polar surface area (TPSA) is 46.5 Å². The Kier molecular flexibility index (Phi) is 4.95. The molecule has 1 N–H and O–H groups in total. The molecule has 0 fully saturated rings. The smallest absolute Gasteiger partial charge is 0.196 e. The third-order valence-electron chi connectivity index (χ3n) is 3.86. The predicted molar refractivity (Wildman–Crippen MR) is 98.0 cm³/mol. The molecule has 0 radical (unpaired) electrons. The Balaban J connectivity index is 1.82. The highest BCUT2D eigenvalue weighted by molar-refractivity contribution is 6.10. The van der Waals surface area contributed by atoms with E-state index in [1.807, 2.05) is 36.4 Å². The quantitative estimate of drug-likeness (QED) is 0.515. The van der Waals surface area contributed by atoms with Gasteiger partial charge < -0.3 is 9.84 Å². The van der Waals surface area contributed by atoms with Gasteiger partial charge in [-0.25, -0.2) is 0 Å². The van der Waals surface area contributed by atoms with Crippen molar-refractivity contribution < 1.29 is 14.6 Å². The summed E-state index contributed by atoms with van der Waals surface area (Å²) in [6.45, 7) is 3.80. The van der Waals surface area contributed by atoms with E-state index in [9.17, 15) is 9.90 Å². The van der Waals surface area contributed by atoms with Gasteiger partial charge in [0.1, 0.15) is 17.6 Å². The van der Waals surface area contributed by atoms with E-state index in [0.717, 1.165) is 5.56 Å². The highest BCUT2D eigenvalue weighted by Gasteiger charge is 2.15. The number of rotatable bonds is 6. The van der Waals surface area contributed by atoms with Crippen LogP contribution in [-0.4, -0.2) is 10.9 Å². The number of aromatic hydroxyl groups is 1. The van der Waals surface area contributed by atoms with Crippen LogP contribution in [0.2, 0.25) is 0 Å². The molecule has 0 aliphatic heterocycles. The zero-order valence-electron chi connectivity index (χ0n) is 13.6. The summed E-state index contributed by atoms with van der Waals surface area (Å²) in [5, 5.41) is 10.3. The molecule has 3 aromatic rings. The molecule has 3 nitrogen and oxygen atoms in total. The van der Waals surface area contributed by atoms with Crippen LogP contribution in [0.3, 0.4) is 0 Å². The van der Waals surface area contributed by atoms with Gasteiger partial charge in [0.25, 0.3) is 0 Å². The van der Waals surface area contributed by atoms with Crippen molar-refractivity contribution in [3.63, 3.8) is 0 Å². The molecule has 0 heterocycles. The first kappa shape index (κ1) is 16.5. The largest absolute Gasteiger partial charge is 0.507 e. The molecule has 0 saturated carbocycles. The number of benzene rings is 3. The van der Waals surface area contributed by atoms with Crippen LogP contribution in [0, 0.1) is 0 Å². The summed E-state index contributed by atoms with van der Waals surface area (Å²) < 4.78 is 5.88. The van der Waals surface area contributed by atoms with E-state index in [1.54, 1.807) is 42.5 Å². The van der Waals surface area contributed by atoms with Crippen molar-refractivity contribution in [2.24, 2.45) is 0 Å². The average molecular weight is 330 g/mol. The Hall–Kier alpha value is -3.33. The SMILES string of the molecule is C=CC(Oc1ccc(C(=O)c2ccccc2)c(O)c1)c1ccccc1.